The average Bonchev–Trinajstić information content (AvgIpc) is 2.41. The zero-order valence-corrected chi connectivity index (χ0v) is 10.7. The summed E-state index contributed by atoms with van der Waals surface area (Å²) in [6, 6.07) is 9.34. The molecule has 6 heteroatoms. The van der Waals surface area contributed by atoms with Crippen LogP contribution in [0.1, 0.15) is 18.5 Å². The van der Waals surface area contributed by atoms with Crippen LogP contribution in [0.4, 0.5) is 10.1 Å². The van der Waals surface area contributed by atoms with E-state index in [-0.39, 0.29) is 5.69 Å². The van der Waals surface area contributed by atoms with E-state index in [9.17, 15) is 14.5 Å². The first-order valence-electron chi connectivity index (χ1n) is 5.94. The number of halogens is 1. The molecule has 0 amide bonds. The predicted octanol–water partition coefficient (Wildman–Crippen LogP) is 3.55. The second kappa shape index (κ2) is 5.66. The van der Waals surface area contributed by atoms with E-state index in [2.05, 4.69) is 0 Å². The van der Waals surface area contributed by atoms with Crippen LogP contribution < -0.4 is 10.5 Å². The van der Waals surface area contributed by atoms with E-state index in [1.165, 1.54) is 36.4 Å². The van der Waals surface area contributed by atoms with Crippen molar-refractivity contribution in [2.24, 2.45) is 5.73 Å². The van der Waals surface area contributed by atoms with Crippen molar-refractivity contribution in [3.8, 4) is 11.5 Å². The lowest BCUT2D eigenvalue weighted by Crippen LogP contribution is -2.07. The molecule has 0 saturated carbocycles. The largest absolute Gasteiger partial charge is 0.457 e. The molecular weight excluding hydrogens is 263 g/mol. The Labute approximate surface area is 114 Å². The van der Waals surface area contributed by atoms with Crippen molar-refractivity contribution >= 4 is 5.69 Å². The van der Waals surface area contributed by atoms with Crippen LogP contribution in [0.5, 0.6) is 11.5 Å². The Bertz CT molecular complexity index is 644. The Morgan fingerprint density at radius 3 is 2.70 bits per heavy atom. The van der Waals surface area contributed by atoms with Gasteiger partial charge in [-0.05, 0) is 31.2 Å². The third kappa shape index (κ3) is 3.10. The quantitative estimate of drug-likeness (QED) is 0.684. The van der Waals surface area contributed by atoms with Crippen LogP contribution in [0.3, 0.4) is 0 Å². The van der Waals surface area contributed by atoms with E-state index in [1.54, 1.807) is 13.0 Å². The maximum atomic E-state index is 13.2. The highest BCUT2D eigenvalue weighted by Crippen LogP contribution is 2.30. The van der Waals surface area contributed by atoms with Gasteiger partial charge in [-0.2, -0.15) is 0 Å². The minimum Gasteiger partial charge on any atom is -0.457 e. The summed E-state index contributed by atoms with van der Waals surface area (Å²) in [5.74, 6) is 0.262. The van der Waals surface area contributed by atoms with E-state index in [4.69, 9.17) is 10.5 Å². The first kappa shape index (κ1) is 14.0. The lowest BCUT2D eigenvalue weighted by molar-refractivity contribution is -0.384. The van der Waals surface area contributed by atoms with Crippen LogP contribution in [0.15, 0.2) is 42.5 Å². The predicted molar refractivity (Wildman–Crippen MR) is 72.2 cm³/mol. The minimum atomic E-state index is -0.510. The molecule has 2 rings (SSSR count). The second-order valence-corrected chi connectivity index (χ2v) is 4.33. The monoisotopic (exact) mass is 276 g/mol. The number of ether oxygens (including phenoxy) is 1. The van der Waals surface area contributed by atoms with Crippen LogP contribution in [-0.4, -0.2) is 4.92 Å². The summed E-state index contributed by atoms with van der Waals surface area (Å²) in [5.41, 5.74) is 6.18. The van der Waals surface area contributed by atoms with Crippen molar-refractivity contribution in [2.45, 2.75) is 13.0 Å². The molecule has 0 bridgehead atoms. The van der Waals surface area contributed by atoms with Crippen molar-refractivity contribution in [1.82, 2.24) is 0 Å². The Morgan fingerprint density at radius 2 is 2.05 bits per heavy atom. The summed E-state index contributed by atoms with van der Waals surface area (Å²) < 4.78 is 18.8. The third-order valence-electron chi connectivity index (χ3n) is 2.72. The van der Waals surface area contributed by atoms with Crippen molar-refractivity contribution in [2.75, 3.05) is 0 Å². The molecule has 2 N–H and O–H groups in total. The molecule has 0 aliphatic heterocycles. The summed E-state index contributed by atoms with van der Waals surface area (Å²) in [6.07, 6.45) is 0. The molecule has 0 fully saturated rings. The van der Waals surface area contributed by atoms with Gasteiger partial charge in [-0.25, -0.2) is 4.39 Å². The molecule has 20 heavy (non-hydrogen) atoms. The topological polar surface area (TPSA) is 78.4 Å². The lowest BCUT2D eigenvalue weighted by atomic mass is 10.1. The zero-order valence-electron chi connectivity index (χ0n) is 10.7. The molecule has 1 atom stereocenters. The number of hydrogen-bond acceptors (Lipinski definition) is 4. The summed E-state index contributed by atoms with van der Waals surface area (Å²) in [7, 11) is 0. The molecule has 5 nitrogen and oxygen atoms in total. The number of nitrogens with zero attached hydrogens (tertiary/aromatic N) is 1. The molecule has 0 heterocycles. The van der Waals surface area contributed by atoms with Crippen LogP contribution >= 0.6 is 0 Å². The van der Waals surface area contributed by atoms with Gasteiger partial charge in [0.05, 0.1) is 11.0 Å². The molecular formula is C14H13FN2O3. The van der Waals surface area contributed by atoms with Crippen molar-refractivity contribution in [1.29, 1.82) is 0 Å². The van der Waals surface area contributed by atoms with Crippen LogP contribution in [0.2, 0.25) is 0 Å². The van der Waals surface area contributed by atoms with E-state index in [1.807, 2.05) is 0 Å². The maximum Gasteiger partial charge on any atom is 0.273 e. The number of nitrogens with two attached hydrogens (primary N) is 1. The number of benzene rings is 2. The SMILES string of the molecule is C[C@H](N)c1cc(F)ccc1Oc1cccc([N+](=O)[O-])c1. The van der Waals surface area contributed by atoms with Gasteiger partial charge in [0.25, 0.3) is 5.69 Å². The second-order valence-electron chi connectivity index (χ2n) is 4.33. The van der Waals surface area contributed by atoms with Gasteiger partial charge in [0, 0.05) is 17.7 Å². The number of hydrogen-bond donors (Lipinski definition) is 1. The van der Waals surface area contributed by atoms with Gasteiger partial charge in [0.1, 0.15) is 17.3 Å². The highest BCUT2D eigenvalue weighted by molar-refractivity contribution is 5.43. The zero-order chi connectivity index (χ0) is 14.7. The van der Waals surface area contributed by atoms with E-state index in [0.29, 0.717) is 17.1 Å². The van der Waals surface area contributed by atoms with Gasteiger partial charge < -0.3 is 10.5 Å². The smallest absolute Gasteiger partial charge is 0.273 e. The van der Waals surface area contributed by atoms with Gasteiger partial charge in [-0.3, -0.25) is 10.1 Å². The molecule has 0 aromatic heterocycles. The number of nitro benzene ring substituents is 1. The Hall–Kier alpha value is -2.47. The van der Waals surface area contributed by atoms with E-state index < -0.39 is 16.8 Å². The highest BCUT2D eigenvalue weighted by Gasteiger charge is 2.12. The lowest BCUT2D eigenvalue weighted by Gasteiger charge is -2.13. The average molecular weight is 276 g/mol. The van der Waals surface area contributed by atoms with E-state index >= 15 is 0 Å². The normalized spacial score (nSPS) is 11.9. The molecule has 0 aliphatic rings. The fourth-order valence-corrected chi connectivity index (χ4v) is 1.76. The van der Waals surface area contributed by atoms with Gasteiger partial charge >= 0.3 is 0 Å². The molecule has 2 aromatic carbocycles. The van der Waals surface area contributed by atoms with Gasteiger partial charge in [-0.15, -0.1) is 0 Å². The van der Waals surface area contributed by atoms with Crippen LogP contribution in [-0.2, 0) is 0 Å². The number of non-ortho nitro benzene ring substituents is 1. The molecule has 0 unspecified atom stereocenters. The molecule has 2 aromatic rings. The van der Waals surface area contributed by atoms with Gasteiger partial charge in [0.2, 0.25) is 0 Å². The summed E-state index contributed by atoms with van der Waals surface area (Å²) >= 11 is 0. The first-order chi connectivity index (χ1) is 9.47. The fraction of sp³-hybridized carbons (Fsp3) is 0.143. The third-order valence-corrected chi connectivity index (χ3v) is 2.72. The van der Waals surface area contributed by atoms with Crippen LogP contribution in [0, 0.1) is 15.9 Å². The Balaban J connectivity index is 2.35. The number of rotatable bonds is 4. The van der Waals surface area contributed by atoms with Crippen molar-refractivity contribution in [3.05, 3.63) is 64.0 Å². The Morgan fingerprint density at radius 1 is 1.30 bits per heavy atom. The molecule has 0 aliphatic carbocycles. The van der Waals surface area contributed by atoms with Crippen LogP contribution in [0.25, 0.3) is 0 Å². The summed E-state index contributed by atoms with van der Waals surface area (Å²) in [4.78, 5) is 10.2. The Kier molecular flexibility index (Phi) is 3.95. The first-order valence-corrected chi connectivity index (χ1v) is 5.94. The molecule has 104 valence electrons. The summed E-state index contributed by atoms with van der Waals surface area (Å²) in [5, 5.41) is 10.7. The molecule has 0 radical (unpaired) electrons. The number of nitro groups is 1. The molecule has 0 spiro atoms. The summed E-state index contributed by atoms with van der Waals surface area (Å²) in [6.45, 7) is 1.70. The van der Waals surface area contributed by atoms with Gasteiger partial charge in [0.15, 0.2) is 0 Å². The van der Waals surface area contributed by atoms with Gasteiger partial charge in [-0.1, -0.05) is 6.07 Å². The van der Waals surface area contributed by atoms with E-state index in [0.717, 1.165) is 0 Å². The highest BCUT2D eigenvalue weighted by atomic mass is 19.1. The fourth-order valence-electron chi connectivity index (χ4n) is 1.76. The van der Waals surface area contributed by atoms with Crippen molar-refractivity contribution < 1.29 is 14.1 Å². The maximum absolute atomic E-state index is 13.2. The minimum absolute atomic E-state index is 0.0769. The van der Waals surface area contributed by atoms with Crippen molar-refractivity contribution in [3.63, 3.8) is 0 Å². The standard InChI is InChI=1S/C14H13FN2O3/c1-9(16)13-7-10(15)5-6-14(13)20-12-4-2-3-11(8-12)17(18)19/h2-9H,16H2,1H3/t9-/m0/s1. The molecule has 0 saturated heterocycles.